The summed E-state index contributed by atoms with van der Waals surface area (Å²) in [5, 5.41) is 0. The third-order valence-electron chi connectivity index (χ3n) is 2.80. The quantitative estimate of drug-likeness (QED) is 0.560. The average molecular weight is 336 g/mol. The third-order valence-corrected chi connectivity index (χ3v) is 4.14. The van der Waals surface area contributed by atoms with Crippen LogP contribution in [0, 0.1) is 0 Å². The van der Waals surface area contributed by atoms with Crippen LogP contribution in [0.4, 0.5) is 0 Å². The Kier molecular flexibility index (Phi) is 6.44. The lowest BCUT2D eigenvalue weighted by Crippen LogP contribution is -2.30. The molecule has 8 heteroatoms. The topological polar surface area (TPSA) is 72.9 Å². The lowest BCUT2D eigenvalue weighted by Gasteiger charge is -2.17. The molecule has 1 rings (SSSR count). The summed E-state index contributed by atoms with van der Waals surface area (Å²) < 4.78 is 33.1. The molecule has 0 radical (unpaired) electrons. The SMILES string of the molecule is CCOCCN(C)C(=O)c1ccc(OC)c(S(=O)(=O)Cl)c1. The van der Waals surface area contributed by atoms with E-state index in [1.807, 2.05) is 6.92 Å². The van der Waals surface area contributed by atoms with E-state index < -0.39 is 9.05 Å². The number of hydrogen-bond donors (Lipinski definition) is 0. The first-order chi connectivity index (χ1) is 9.81. The average Bonchev–Trinajstić information content (AvgIpc) is 2.45. The molecule has 0 aliphatic rings. The van der Waals surface area contributed by atoms with Gasteiger partial charge in [-0.05, 0) is 25.1 Å². The summed E-state index contributed by atoms with van der Waals surface area (Å²) in [6.07, 6.45) is 0. The largest absolute Gasteiger partial charge is 0.495 e. The Hall–Kier alpha value is -1.31. The van der Waals surface area contributed by atoms with Crippen LogP contribution in [-0.2, 0) is 13.8 Å². The number of carbonyl (C=O) groups is 1. The van der Waals surface area contributed by atoms with E-state index in [1.165, 1.54) is 30.2 Å². The predicted octanol–water partition coefficient (Wildman–Crippen LogP) is 1.73. The van der Waals surface area contributed by atoms with Gasteiger partial charge in [-0.25, -0.2) is 8.42 Å². The zero-order valence-corrected chi connectivity index (χ0v) is 13.7. The molecule has 0 aromatic heterocycles. The van der Waals surface area contributed by atoms with Crippen molar-refractivity contribution in [3.63, 3.8) is 0 Å². The highest BCUT2D eigenvalue weighted by Gasteiger charge is 2.20. The third kappa shape index (κ3) is 4.87. The highest BCUT2D eigenvalue weighted by molar-refractivity contribution is 8.13. The summed E-state index contributed by atoms with van der Waals surface area (Å²) in [4.78, 5) is 13.4. The van der Waals surface area contributed by atoms with E-state index >= 15 is 0 Å². The van der Waals surface area contributed by atoms with Crippen LogP contribution in [0.3, 0.4) is 0 Å². The van der Waals surface area contributed by atoms with Crippen molar-refractivity contribution < 1.29 is 22.7 Å². The molecule has 0 bridgehead atoms. The minimum atomic E-state index is -4.00. The van der Waals surface area contributed by atoms with Gasteiger partial charge in [-0.15, -0.1) is 0 Å². The molecule has 6 nitrogen and oxygen atoms in total. The number of carbonyl (C=O) groups excluding carboxylic acids is 1. The number of amides is 1. The van der Waals surface area contributed by atoms with Gasteiger partial charge >= 0.3 is 0 Å². The molecule has 0 aliphatic carbocycles. The van der Waals surface area contributed by atoms with E-state index in [2.05, 4.69) is 0 Å². The molecule has 1 amide bonds. The Bertz CT molecular complexity index is 603. The highest BCUT2D eigenvalue weighted by Crippen LogP contribution is 2.28. The summed E-state index contributed by atoms with van der Waals surface area (Å²) in [5.74, 6) is -0.225. The molecule has 0 N–H and O–H groups in total. The van der Waals surface area contributed by atoms with Crippen LogP contribution in [0.1, 0.15) is 17.3 Å². The molecule has 0 atom stereocenters. The van der Waals surface area contributed by atoms with Crippen LogP contribution < -0.4 is 4.74 Å². The van der Waals surface area contributed by atoms with Gasteiger partial charge in [0.2, 0.25) is 0 Å². The van der Waals surface area contributed by atoms with Gasteiger partial charge in [0.05, 0.1) is 13.7 Å². The van der Waals surface area contributed by atoms with Crippen molar-refractivity contribution in [2.75, 3.05) is 33.9 Å². The van der Waals surface area contributed by atoms with E-state index in [-0.39, 0.29) is 22.1 Å². The molecular formula is C13H18ClNO5S. The number of nitrogens with zero attached hydrogens (tertiary/aromatic N) is 1. The van der Waals surface area contributed by atoms with E-state index in [0.29, 0.717) is 19.8 Å². The first-order valence-corrected chi connectivity index (χ1v) is 8.58. The first kappa shape index (κ1) is 17.7. The summed E-state index contributed by atoms with van der Waals surface area (Å²) in [5.41, 5.74) is 0.217. The van der Waals surface area contributed by atoms with Gasteiger partial charge in [0, 0.05) is 36.4 Å². The number of ether oxygens (including phenoxy) is 2. The number of benzene rings is 1. The number of hydrogen-bond acceptors (Lipinski definition) is 5. The van der Waals surface area contributed by atoms with Crippen LogP contribution in [0.15, 0.2) is 23.1 Å². The van der Waals surface area contributed by atoms with Gasteiger partial charge in [0.15, 0.2) is 0 Å². The molecule has 21 heavy (non-hydrogen) atoms. The van der Waals surface area contributed by atoms with Gasteiger partial charge in [-0.3, -0.25) is 4.79 Å². The zero-order chi connectivity index (χ0) is 16.0. The van der Waals surface area contributed by atoms with Gasteiger partial charge in [-0.2, -0.15) is 0 Å². The Morgan fingerprint density at radius 1 is 1.38 bits per heavy atom. The molecule has 0 heterocycles. The normalized spacial score (nSPS) is 11.2. The summed E-state index contributed by atoms with van der Waals surface area (Å²) in [6.45, 7) is 3.25. The highest BCUT2D eigenvalue weighted by atomic mass is 35.7. The number of halogens is 1. The van der Waals surface area contributed by atoms with Crippen LogP contribution >= 0.6 is 10.7 Å². The van der Waals surface area contributed by atoms with Crippen LogP contribution in [-0.4, -0.2) is 53.1 Å². The summed E-state index contributed by atoms with van der Waals surface area (Å²) in [7, 11) is 4.29. The van der Waals surface area contributed by atoms with E-state index in [4.69, 9.17) is 20.2 Å². The lowest BCUT2D eigenvalue weighted by atomic mass is 10.2. The molecule has 0 fully saturated rings. The van der Waals surface area contributed by atoms with E-state index in [9.17, 15) is 13.2 Å². The fourth-order valence-corrected chi connectivity index (χ4v) is 2.69. The maximum Gasteiger partial charge on any atom is 0.265 e. The molecular weight excluding hydrogens is 318 g/mol. The van der Waals surface area contributed by atoms with Crippen LogP contribution in [0.25, 0.3) is 0 Å². The van der Waals surface area contributed by atoms with E-state index in [0.717, 1.165) is 0 Å². The Morgan fingerprint density at radius 2 is 2.05 bits per heavy atom. The van der Waals surface area contributed by atoms with Gasteiger partial charge in [0.1, 0.15) is 10.6 Å². The van der Waals surface area contributed by atoms with Crippen molar-refractivity contribution in [1.82, 2.24) is 4.90 Å². The smallest absolute Gasteiger partial charge is 0.265 e. The van der Waals surface area contributed by atoms with Crippen molar-refractivity contribution in [3.05, 3.63) is 23.8 Å². The number of methoxy groups -OCH3 is 1. The monoisotopic (exact) mass is 335 g/mol. The van der Waals surface area contributed by atoms with Crippen LogP contribution in [0.2, 0.25) is 0 Å². The maximum absolute atomic E-state index is 12.2. The molecule has 1 aromatic rings. The van der Waals surface area contributed by atoms with Crippen molar-refractivity contribution in [3.8, 4) is 5.75 Å². The second-order valence-corrected chi connectivity index (χ2v) is 6.76. The Balaban J connectivity index is 3.01. The molecule has 0 saturated heterocycles. The zero-order valence-electron chi connectivity index (χ0n) is 12.1. The standard InChI is InChI=1S/C13H18ClNO5S/c1-4-20-8-7-15(2)13(16)10-5-6-11(19-3)12(9-10)21(14,17)18/h5-6,9H,4,7-8H2,1-3H3. The molecule has 118 valence electrons. The summed E-state index contributed by atoms with van der Waals surface area (Å²) in [6, 6.07) is 4.10. The fourth-order valence-electron chi connectivity index (χ4n) is 1.67. The van der Waals surface area contributed by atoms with Crippen molar-refractivity contribution >= 4 is 25.6 Å². The van der Waals surface area contributed by atoms with Gasteiger partial charge in [0.25, 0.3) is 15.0 Å². The van der Waals surface area contributed by atoms with Crippen LogP contribution in [0.5, 0.6) is 5.75 Å². The first-order valence-electron chi connectivity index (χ1n) is 6.27. The molecule has 0 spiro atoms. The number of rotatable bonds is 7. The van der Waals surface area contributed by atoms with Gasteiger partial charge < -0.3 is 14.4 Å². The van der Waals surface area contributed by atoms with E-state index in [1.54, 1.807) is 7.05 Å². The molecule has 1 aromatic carbocycles. The molecule has 0 aliphatic heterocycles. The maximum atomic E-state index is 12.2. The minimum Gasteiger partial charge on any atom is -0.495 e. The lowest BCUT2D eigenvalue weighted by molar-refractivity contribution is 0.0709. The van der Waals surface area contributed by atoms with Crippen molar-refractivity contribution in [2.45, 2.75) is 11.8 Å². The fraction of sp³-hybridized carbons (Fsp3) is 0.462. The Morgan fingerprint density at radius 3 is 2.57 bits per heavy atom. The molecule has 0 saturated carbocycles. The van der Waals surface area contributed by atoms with Gasteiger partial charge in [-0.1, -0.05) is 0 Å². The molecule has 0 unspecified atom stereocenters. The summed E-state index contributed by atoms with van der Waals surface area (Å²) >= 11 is 0. The number of likely N-dealkylation sites (N-methyl/N-ethyl adjacent to an activating group) is 1. The second-order valence-electron chi connectivity index (χ2n) is 4.23. The van der Waals surface area contributed by atoms with Crippen molar-refractivity contribution in [1.29, 1.82) is 0 Å². The van der Waals surface area contributed by atoms with Crippen molar-refractivity contribution in [2.24, 2.45) is 0 Å². The second kappa shape index (κ2) is 7.63. The predicted molar refractivity (Wildman–Crippen MR) is 79.5 cm³/mol. The minimum absolute atomic E-state index is 0.0959. The Labute approximate surface area is 129 Å².